The Bertz CT molecular complexity index is 884. The average Bonchev–Trinajstić information content (AvgIpc) is 2.74. The van der Waals surface area contributed by atoms with Crippen molar-refractivity contribution < 1.29 is 28.9 Å². The van der Waals surface area contributed by atoms with Gasteiger partial charge in [-0.1, -0.05) is 31.0 Å². The first-order chi connectivity index (χ1) is 14.8. The maximum absolute atomic E-state index is 12.5. The summed E-state index contributed by atoms with van der Waals surface area (Å²) in [6.07, 6.45) is 2.02. The average molecular weight is 431 g/mol. The summed E-state index contributed by atoms with van der Waals surface area (Å²) in [5.74, 6) is -0.912. The van der Waals surface area contributed by atoms with Crippen LogP contribution in [0.3, 0.4) is 0 Å². The largest absolute Gasteiger partial charge is 0.503 e. The molecule has 1 heterocycles. The van der Waals surface area contributed by atoms with Crippen molar-refractivity contribution in [2.75, 3.05) is 7.11 Å². The summed E-state index contributed by atoms with van der Waals surface area (Å²) in [5, 5.41) is 12.6. The van der Waals surface area contributed by atoms with E-state index in [1.165, 1.54) is 26.3 Å². The third-order valence-corrected chi connectivity index (χ3v) is 4.73. The van der Waals surface area contributed by atoms with E-state index >= 15 is 0 Å². The van der Waals surface area contributed by atoms with E-state index in [9.17, 15) is 14.7 Å². The van der Waals surface area contributed by atoms with Crippen LogP contribution in [-0.2, 0) is 9.53 Å². The molecule has 31 heavy (non-hydrogen) atoms. The molecule has 2 rings (SSSR count). The van der Waals surface area contributed by atoms with Crippen molar-refractivity contribution in [2.45, 2.75) is 58.8 Å². The maximum atomic E-state index is 12.5. The van der Waals surface area contributed by atoms with Gasteiger partial charge in [0.05, 0.1) is 7.11 Å². The molecule has 1 aromatic heterocycles. The van der Waals surface area contributed by atoms with Crippen LogP contribution in [0.2, 0.25) is 0 Å². The number of nitrogens with zero attached hydrogens (tertiary/aromatic N) is 1. The van der Waals surface area contributed by atoms with E-state index in [4.69, 9.17) is 14.2 Å². The smallest absolute Gasteiger partial charge is 0.328 e. The zero-order valence-corrected chi connectivity index (χ0v) is 18.5. The van der Waals surface area contributed by atoms with Crippen LogP contribution < -0.4 is 14.8 Å². The number of hydrogen-bond donors (Lipinski definition) is 2. The SMILES string of the molecule is CCC[C@@H](Oc1ccc(C)cc1)[C@H](C)OC(=O)[C@H](C)NC(=O)c1nccc(OC)c1O. The third-order valence-electron chi connectivity index (χ3n) is 4.73. The third kappa shape index (κ3) is 6.60. The molecule has 0 aliphatic carbocycles. The highest BCUT2D eigenvalue weighted by atomic mass is 16.6. The summed E-state index contributed by atoms with van der Waals surface area (Å²) in [5.41, 5.74) is 0.888. The Morgan fingerprint density at radius 1 is 1.16 bits per heavy atom. The molecule has 8 heteroatoms. The van der Waals surface area contributed by atoms with Crippen molar-refractivity contribution in [1.82, 2.24) is 10.3 Å². The van der Waals surface area contributed by atoms with Gasteiger partial charge in [-0.3, -0.25) is 4.79 Å². The number of carbonyl (C=O) groups excluding carboxylic acids is 2. The molecule has 0 saturated carbocycles. The van der Waals surface area contributed by atoms with Crippen LogP contribution in [0, 0.1) is 6.92 Å². The second kappa shape index (κ2) is 11.2. The number of aromatic hydroxyl groups is 1. The van der Waals surface area contributed by atoms with Gasteiger partial charge < -0.3 is 24.6 Å². The lowest BCUT2D eigenvalue weighted by Crippen LogP contribution is -2.43. The lowest BCUT2D eigenvalue weighted by Gasteiger charge is -2.26. The van der Waals surface area contributed by atoms with Gasteiger partial charge in [-0.2, -0.15) is 0 Å². The monoisotopic (exact) mass is 430 g/mol. The molecule has 0 spiro atoms. The van der Waals surface area contributed by atoms with Crippen LogP contribution in [0.5, 0.6) is 17.2 Å². The molecule has 0 radical (unpaired) electrons. The van der Waals surface area contributed by atoms with Crippen LogP contribution in [0.25, 0.3) is 0 Å². The van der Waals surface area contributed by atoms with Gasteiger partial charge in [0.1, 0.15) is 24.0 Å². The summed E-state index contributed by atoms with van der Waals surface area (Å²) in [6.45, 7) is 7.28. The molecule has 2 aromatic rings. The molecule has 2 N–H and O–H groups in total. The predicted octanol–water partition coefficient (Wildman–Crippen LogP) is 3.40. The predicted molar refractivity (Wildman–Crippen MR) is 115 cm³/mol. The summed E-state index contributed by atoms with van der Waals surface area (Å²) in [7, 11) is 1.36. The van der Waals surface area contributed by atoms with E-state index in [0.29, 0.717) is 12.2 Å². The molecule has 3 atom stereocenters. The van der Waals surface area contributed by atoms with Gasteiger partial charge in [-0.05, 0) is 39.3 Å². The van der Waals surface area contributed by atoms with Crippen molar-refractivity contribution in [3.05, 3.63) is 47.8 Å². The molecule has 0 aliphatic heterocycles. The number of carbonyl (C=O) groups is 2. The first-order valence-electron chi connectivity index (χ1n) is 10.2. The molecule has 0 fully saturated rings. The Balaban J connectivity index is 1.99. The maximum Gasteiger partial charge on any atom is 0.328 e. The molecule has 168 valence electrons. The van der Waals surface area contributed by atoms with Gasteiger partial charge in [0.2, 0.25) is 0 Å². The van der Waals surface area contributed by atoms with E-state index in [2.05, 4.69) is 10.3 Å². The summed E-state index contributed by atoms with van der Waals surface area (Å²) >= 11 is 0. The molecular weight excluding hydrogens is 400 g/mol. The Kier molecular flexibility index (Phi) is 8.66. The molecule has 0 saturated heterocycles. The van der Waals surface area contributed by atoms with Crippen LogP contribution in [0.4, 0.5) is 0 Å². The number of ether oxygens (including phenoxy) is 3. The molecule has 0 bridgehead atoms. The highest BCUT2D eigenvalue weighted by Gasteiger charge is 2.27. The minimum atomic E-state index is -0.955. The number of esters is 1. The molecule has 8 nitrogen and oxygen atoms in total. The van der Waals surface area contributed by atoms with Gasteiger partial charge in [-0.25, -0.2) is 9.78 Å². The van der Waals surface area contributed by atoms with Gasteiger partial charge in [0, 0.05) is 12.3 Å². The molecular formula is C23H30N2O6. The highest BCUT2D eigenvalue weighted by molar-refractivity contribution is 5.97. The quantitative estimate of drug-likeness (QED) is 0.556. The zero-order valence-electron chi connectivity index (χ0n) is 18.5. The first-order valence-corrected chi connectivity index (χ1v) is 10.2. The van der Waals surface area contributed by atoms with Gasteiger partial charge in [0.25, 0.3) is 5.91 Å². The summed E-state index contributed by atoms with van der Waals surface area (Å²) in [6, 6.07) is 8.13. The molecule has 0 aliphatic rings. The Morgan fingerprint density at radius 3 is 2.45 bits per heavy atom. The second-order valence-corrected chi connectivity index (χ2v) is 7.31. The number of amides is 1. The minimum Gasteiger partial charge on any atom is -0.503 e. The number of benzene rings is 1. The number of hydrogen-bond acceptors (Lipinski definition) is 7. The lowest BCUT2D eigenvalue weighted by molar-refractivity contribution is -0.154. The van der Waals surface area contributed by atoms with Crippen LogP contribution >= 0.6 is 0 Å². The van der Waals surface area contributed by atoms with Crippen molar-refractivity contribution in [3.8, 4) is 17.2 Å². The van der Waals surface area contributed by atoms with Crippen LogP contribution in [0.15, 0.2) is 36.5 Å². The van der Waals surface area contributed by atoms with Crippen LogP contribution in [-0.4, -0.2) is 47.3 Å². The topological polar surface area (TPSA) is 107 Å². The van der Waals surface area contributed by atoms with E-state index in [-0.39, 0.29) is 17.5 Å². The normalized spacial score (nSPS) is 13.6. The van der Waals surface area contributed by atoms with Crippen molar-refractivity contribution >= 4 is 11.9 Å². The fourth-order valence-electron chi connectivity index (χ4n) is 2.92. The van der Waals surface area contributed by atoms with Gasteiger partial charge >= 0.3 is 5.97 Å². The van der Waals surface area contributed by atoms with Crippen molar-refractivity contribution in [3.63, 3.8) is 0 Å². The Morgan fingerprint density at radius 2 is 1.84 bits per heavy atom. The Labute approximate surface area is 182 Å². The highest BCUT2D eigenvalue weighted by Crippen LogP contribution is 2.27. The minimum absolute atomic E-state index is 0.111. The number of methoxy groups -OCH3 is 1. The van der Waals surface area contributed by atoms with Gasteiger partial charge in [0.15, 0.2) is 17.2 Å². The second-order valence-electron chi connectivity index (χ2n) is 7.31. The number of rotatable bonds is 10. The number of nitrogens with one attached hydrogen (secondary N) is 1. The number of pyridine rings is 1. The van der Waals surface area contributed by atoms with Crippen LogP contribution in [0.1, 0.15) is 49.7 Å². The van der Waals surface area contributed by atoms with E-state index in [1.807, 2.05) is 38.1 Å². The summed E-state index contributed by atoms with van der Waals surface area (Å²) in [4.78, 5) is 28.8. The fourth-order valence-corrected chi connectivity index (χ4v) is 2.92. The van der Waals surface area contributed by atoms with Crippen molar-refractivity contribution in [1.29, 1.82) is 0 Å². The molecule has 1 aromatic carbocycles. The lowest BCUT2D eigenvalue weighted by atomic mass is 10.1. The standard InChI is InChI=1S/C23H30N2O6/c1-6-7-18(31-17-10-8-14(2)9-11-17)16(4)30-23(28)15(3)25-22(27)20-21(26)19(29-5)12-13-24-20/h8-13,15-16,18,26H,6-7H2,1-5H3,(H,25,27)/t15-,16-,18+/m0/s1. The van der Waals surface area contributed by atoms with Crippen molar-refractivity contribution in [2.24, 2.45) is 0 Å². The first kappa shape index (κ1) is 24.0. The van der Waals surface area contributed by atoms with Gasteiger partial charge in [-0.15, -0.1) is 0 Å². The van der Waals surface area contributed by atoms with E-state index in [0.717, 1.165) is 12.0 Å². The van der Waals surface area contributed by atoms with E-state index < -0.39 is 29.8 Å². The zero-order chi connectivity index (χ0) is 23.0. The molecule has 1 amide bonds. The van der Waals surface area contributed by atoms with E-state index in [1.54, 1.807) is 6.92 Å². The molecule has 0 unspecified atom stereocenters. The Hall–Kier alpha value is -3.29. The number of aryl methyl sites for hydroxylation is 1. The summed E-state index contributed by atoms with van der Waals surface area (Å²) < 4.78 is 16.5. The fraction of sp³-hybridized carbons (Fsp3) is 0.435. The number of aromatic nitrogens is 1.